The van der Waals surface area contributed by atoms with Gasteiger partial charge in [-0.3, -0.25) is 20.4 Å². The maximum atomic E-state index is 12.2. The number of aryl methyl sites for hydroxylation is 1. The molecule has 2 N–H and O–H groups in total. The molecule has 2 amide bonds. The number of rotatable bonds is 5. The molecule has 138 valence electrons. The van der Waals surface area contributed by atoms with Crippen LogP contribution in [0.25, 0.3) is 17.1 Å². The van der Waals surface area contributed by atoms with Crippen LogP contribution in [0.5, 0.6) is 0 Å². The second-order valence-corrected chi connectivity index (χ2v) is 6.32. The third-order valence-corrected chi connectivity index (χ3v) is 4.19. The van der Waals surface area contributed by atoms with Crippen LogP contribution in [0.15, 0.2) is 54.6 Å². The lowest BCUT2D eigenvalue weighted by atomic mass is 10.2. The Morgan fingerprint density at radius 2 is 1.96 bits per heavy atom. The molecule has 6 nitrogen and oxygen atoms in total. The van der Waals surface area contributed by atoms with E-state index in [9.17, 15) is 9.59 Å². The first kappa shape index (κ1) is 18.7. The number of hydrogen-bond acceptors (Lipinski definition) is 3. The van der Waals surface area contributed by atoms with Gasteiger partial charge in [-0.25, -0.2) is 4.98 Å². The Kier molecular flexibility index (Phi) is 5.88. The normalized spacial score (nSPS) is 11.0. The van der Waals surface area contributed by atoms with Gasteiger partial charge in [0.2, 0.25) is 0 Å². The van der Waals surface area contributed by atoms with Gasteiger partial charge in [-0.2, -0.15) is 0 Å². The van der Waals surface area contributed by atoms with Gasteiger partial charge >= 0.3 is 0 Å². The number of fused-ring (bicyclic) bond motifs is 1. The summed E-state index contributed by atoms with van der Waals surface area (Å²) in [5.74, 6) is 0.0467. The Morgan fingerprint density at radius 1 is 1.15 bits per heavy atom. The van der Waals surface area contributed by atoms with E-state index in [4.69, 9.17) is 11.6 Å². The summed E-state index contributed by atoms with van der Waals surface area (Å²) in [5, 5.41) is 0.588. The number of halogens is 1. The Hall–Kier alpha value is -3.12. The van der Waals surface area contributed by atoms with Crippen molar-refractivity contribution in [1.29, 1.82) is 0 Å². The molecule has 0 radical (unpaired) electrons. The number of imidazole rings is 1. The lowest BCUT2D eigenvalue weighted by Gasteiger charge is -2.09. The van der Waals surface area contributed by atoms with Gasteiger partial charge in [0, 0.05) is 17.5 Å². The topological polar surface area (TPSA) is 76.0 Å². The third kappa shape index (κ3) is 4.74. The predicted molar refractivity (Wildman–Crippen MR) is 106 cm³/mol. The van der Waals surface area contributed by atoms with Crippen molar-refractivity contribution >= 4 is 40.5 Å². The van der Waals surface area contributed by atoms with Crippen LogP contribution in [0, 0.1) is 0 Å². The van der Waals surface area contributed by atoms with Crippen molar-refractivity contribution in [3.63, 3.8) is 0 Å². The van der Waals surface area contributed by atoms with Gasteiger partial charge in [0.15, 0.2) is 0 Å². The molecule has 3 aromatic rings. The third-order valence-electron chi connectivity index (χ3n) is 3.95. The van der Waals surface area contributed by atoms with Gasteiger partial charge in [0.25, 0.3) is 11.8 Å². The van der Waals surface area contributed by atoms with E-state index in [-0.39, 0.29) is 12.5 Å². The van der Waals surface area contributed by atoms with Crippen LogP contribution in [0.3, 0.4) is 0 Å². The van der Waals surface area contributed by atoms with Gasteiger partial charge in [-0.05, 0) is 35.9 Å². The number of hydrogen-bond donors (Lipinski definition) is 2. The first-order valence-electron chi connectivity index (χ1n) is 8.53. The number of aromatic nitrogens is 2. The maximum Gasteiger partial charge on any atom is 0.262 e. The van der Waals surface area contributed by atoms with Crippen LogP contribution in [-0.2, 0) is 22.6 Å². The minimum atomic E-state index is -0.436. The van der Waals surface area contributed by atoms with E-state index >= 15 is 0 Å². The lowest BCUT2D eigenvalue weighted by Crippen LogP contribution is -2.42. The highest BCUT2D eigenvalue weighted by atomic mass is 35.5. The molecular weight excluding hydrogens is 364 g/mol. The number of benzene rings is 2. The minimum absolute atomic E-state index is 0.0714. The number of para-hydroxylation sites is 2. The number of carbonyl (C=O) groups is 2. The Morgan fingerprint density at radius 3 is 2.74 bits per heavy atom. The number of carbonyl (C=O) groups excluding carboxylic acids is 2. The zero-order chi connectivity index (χ0) is 19.2. The van der Waals surface area contributed by atoms with Gasteiger partial charge in [0.1, 0.15) is 12.4 Å². The van der Waals surface area contributed by atoms with Gasteiger partial charge in [-0.15, -0.1) is 0 Å². The molecule has 0 saturated heterocycles. The summed E-state index contributed by atoms with van der Waals surface area (Å²) < 4.78 is 1.85. The largest absolute Gasteiger partial charge is 0.318 e. The van der Waals surface area contributed by atoms with Crippen molar-refractivity contribution in [3.05, 3.63) is 71.0 Å². The summed E-state index contributed by atoms with van der Waals surface area (Å²) in [6.45, 7) is 2.06. The molecule has 0 bridgehead atoms. The van der Waals surface area contributed by atoms with Crippen LogP contribution in [0.4, 0.5) is 0 Å². The summed E-state index contributed by atoms with van der Waals surface area (Å²) in [6.07, 6.45) is 3.65. The SMILES string of the molecule is CCc1nc2ccccc2n1CC(=O)NNC(=O)/C=C/c1cccc(Cl)c1. The highest BCUT2D eigenvalue weighted by Gasteiger charge is 2.12. The second-order valence-electron chi connectivity index (χ2n) is 5.88. The average Bonchev–Trinajstić information content (AvgIpc) is 3.02. The van der Waals surface area contributed by atoms with Crippen molar-refractivity contribution in [1.82, 2.24) is 20.4 Å². The molecule has 1 heterocycles. The summed E-state index contributed by atoms with van der Waals surface area (Å²) in [6, 6.07) is 14.7. The number of amides is 2. The fraction of sp³-hybridized carbons (Fsp3) is 0.150. The minimum Gasteiger partial charge on any atom is -0.318 e. The van der Waals surface area contributed by atoms with Crippen LogP contribution in [0.1, 0.15) is 18.3 Å². The molecule has 0 spiro atoms. The van der Waals surface area contributed by atoms with Gasteiger partial charge in [-0.1, -0.05) is 42.8 Å². The number of nitrogens with zero attached hydrogens (tertiary/aromatic N) is 2. The lowest BCUT2D eigenvalue weighted by molar-refractivity contribution is -0.127. The molecular formula is C20H19ClN4O2. The van der Waals surface area contributed by atoms with Crippen LogP contribution in [-0.4, -0.2) is 21.4 Å². The zero-order valence-corrected chi connectivity index (χ0v) is 15.5. The summed E-state index contributed by atoms with van der Waals surface area (Å²) in [4.78, 5) is 28.6. The van der Waals surface area contributed by atoms with Crippen molar-refractivity contribution in [3.8, 4) is 0 Å². The monoisotopic (exact) mass is 382 g/mol. The first-order valence-corrected chi connectivity index (χ1v) is 8.91. The molecule has 3 rings (SSSR count). The zero-order valence-electron chi connectivity index (χ0n) is 14.8. The van der Waals surface area contributed by atoms with E-state index in [0.717, 1.165) is 22.4 Å². The second kappa shape index (κ2) is 8.51. The van der Waals surface area contributed by atoms with Crippen molar-refractivity contribution < 1.29 is 9.59 Å². The molecule has 0 aliphatic rings. The van der Waals surface area contributed by atoms with E-state index in [0.29, 0.717) is 11.4 Å². The molecule has 7 heteroatoms. The predicted octanol–water partition coefficient (Wildman–Crippen LogP) is 3.11. The Labute approximate surface area is 161 Å². The molecule has 2 aromatic carbocycles. The first-order chi connectivity index (χ1) is 13.1. The Bertz CT molecular complexity index is 1010. The smallest absolute Gasteiger partial charge is 0.262 e. The van der Waals surface area contributed by atoms with E-state index in [1.165, 1.54) is 6.08 Å². The van der Waals surface area contributed by atoms with Crippen LogP contribution >= 0.6 is 11.6 Å². The Balaban J connectivity index is 1.59. The summed E-state index contributed by atoms with van der Waals surface area (Å²) in [7, 11) is 0. The molecule has 0 saturated carbocycles. The number of nitrogens with one attached hydrogen (secondary N) is 2. The van der Waals surface area contributed by atoms with Crippen LogP contribution < -0.4 is 10.9 Å². The molecule has 0 unspecified atom stereocenters. The van der Waals surface area contributed by atoms with Crippen molar-refractivity contribution in [2.45, 2.75) is 19.9 Å². The molecule has 0 aliphatic carbocycles. The summed E-state index contributed by atoms with van der Waals surface area (Å²) in [5.41, 5.74) is 7.32. The maximum absolute atomic E-state index is 12.2. The van der Waals surface area contributed by atoms with Crippen molar-refractivity contribution in [2.24, 2.45) is 0 Å². The van der Waals surface area contributed by atoms with Gasteiger partial charge in [0.05, 0.1) is 11.0 Å². The van der Waals surface area contributed by atoms with E-state index < -0.39 is 5.91 Å². The summed E-state index contributed by atoms with van der Waals surface area (Å²) >= 11 is 5.90. The molecule has 0 aliphatic heterocycles. The molecule has 0 fully saturated rings. The molecule has 1 aromatic heterocycles. The molecule has 27 heavy (non-hydrogen) atoms. The fourth-order valence-electron chi connectivity index (χ4n) is 2.71. The average molecular weight is 383 g/mol. The highest BCUT2D eigenvalue weighted by Crippen LogP contribution is 2.16. The van der Waals surface area contributed by atoms with E-state index in [1.54, 1.807) is 24.3 Å². The standard InChI is InChI=1S/C20H19ClN4O2/c1-2-18-22-16-8-3-4-9-17(16)25(18)13-20(27)24-23-19(26)11-10-14-6-5-7-15(21)12-14/h3-12H,2,13H2,1H3,(H,23,26)(H,24,27)/b11-10+. The molecule has 0 atom stereocenters. The van der Waals surface area contributed by atoms with Crippen molar-refractivity contribution in [2.75, 3.05) is 0 Å². The van der Waals surface area contributed by atoms with Gasteiger partial charge < -0.3 is 4.57 Å². The van der Waals surface area contributed by atoms with Crippen LogP contribution in [0.2, 0.25) is 5.02 Å². The highest BCUT2D eigenvalue weighted by molar-refractivity contribution is 6.30. The van der Waals surface area contributed by atoms with E-state index in [2.05, 4.69) is 15.8 Å². The quantitative estimate of drug-likeness (QED) is 0.526. The van der Waals surface area contributed by atoms with E-state index in [1.807, 2.05) is 41.8 Å². The fourth-order valence-corrected chi connectivity index (χ4v) is 2.91. The number of hydrazine groups is 1.